The van der Waals surface area contributed by atoms with E-state index in [1.165, 1.54) is 0 Å². The molecule has 0 aromatic heterocycles. The predicted molar refractivity (Wildman–Crippen MR) is 99.8 cm³/mol. The van der Waals surface area contributed by atoms with Gasteiger partial charge in [0.15, 0.2) is 0 Å². The number of amides is 1. The Kier molecular flexibility index (Phi) is 5.12. The van der Waals surface area contributed by atoms with Gasteiger partial charge in [0.05, 0.1) is 11.6 Å². The van der Waals surface area contributed by atoms with Crippen molar-refractivity contribution in [3.8, 4) is 17.6 Å². The van der Waals surface area contributed by atoms with E-state index in [1.807, 2.05) is 30.3 Å². The third-order valence-electron chi connectivity index (χ3n) is 3.44. The van der Waals surface area contributed by atoms with Crippen molar-refractivity contribution in [2.24, 2.45) is 0 Å². The molecule has 4 nitrogen and oxygen atoms in total. The number of hydrogen-bond acceptors (Lipinski definition) is 3. The molecule has 3 aromatic rings. The Hall–Kier alpha value is -3.10. The van der Waals surface area contributed by atoms with Crippen LogP contribution in [-0.2, 0) is 0 Å². The van der Waals surface area contributed by atoms with Crippen LogP contribution in [0.5, 0.6) is 11.5 Å². The molecule has 122 valence electrons. The van der Waals surface area contributed by atoms with Crippen LogP contribution in [0, 0.1) is 11.3 Å². The Labute approximate surface area is 153 Å². The van der Waals surface area contributed by atoms with E-state index in [0.717, 1.165) is 10.2 Å². The van der Waals surface area contributed by atoms with Crippen molar-refractivity contribution >= 4 is 27.5 Å². The molecule has 0 fully saturated rings. The molecule has 1 N–H and O–H groups in total. The van der Waals surface area contributed by atoms with Crippen LogP contribution in [0.3, 0.4) is 0 Å². The summed E-state index contributed by atoms with van der Waals surface area (Å²) in [4.78, 5) is 12.2. The maximum absolute atomic E-state index is 12.2. The molecule has 0 unspecified atom stereocenters. The Morgan fingerprint density at radius 3 is 2.00 bits per heavy atom. The molecule has 0 aliphatic carbocycles. The molecule has 0 saturated carbocycles. The molecule has 0 aliphatic rings. The highest BCUT2D eigenvalue weighted by Crippen LogP contribution is 2.24. The van der Waals surface area contributed by atoms with Crippen LogP contribution in [0.15, 0.2) is 77.3 Å². The average Bonchev–Trinajstić information content (AvgIpc) is 2.65. The molecular formula is C20H13BrN2O2. The van der Waals surface area contributed by atoms with Crippen LogP contribution in [0.4, 0.5) is 5.69 Å². The van der Waals surface area contributed by atoms with Gasteiger partial charge in [-0.1, -0.05) is 15.9 Å². The molecule has 5 heteroatoms. The number of ether oxygens (including phenoxy) is 1. The lowest BCUT2D eigenvalue weighted by molar-refractivity contribution is 0.102. The summed E-state index contributed by atoms with van der Waals surface area (Å²) in [7, 11) is 0. The van der Waals surface area contributed by atoms with Gasteiger partial charge in [-0.3, -0.25) is 4.79 Å². The normalized spacial score (nSPS) is 9.92. The lowest BCUT2D eigenvalue weighted by atomic mass is 10.1. The average molecular weight is 393 g/mol. The minimum atomic E-state index is -0.230. The Bertz CT molecular complexity index is 912. The highest BCUT2D eigenvalue weighted by Gasteiger charge is 2.06. The second-order valence-corrected chi connectivity index (χ2v) is 6.14. The summed E-state index contributed by atoms with van der Waals surface area (Å²) < 4.78 is 6.73. The van der Waals surface area contributed by atoms with Crippen molar-refractivity contribution in [3.63, 3.8) is 0 Å². The number of rotatable bonds is 4. The molecule has 0 aliphatic heterocycles. The lowest BCUT2D eigenvalue weighted by Gasteiger charge is -2.08. The van der Waals surface area contributed by atoms with E-state index < -0.39 is 0 Å². The topological polar surface area (TPSA) is 62.1 Å². The lowest BCUT2D eigenvalue weighted by Crippen LogP contribution is -2.11. The Morgan fingerprint density at radius 1 is 0.880 bits per heavy atom. The van der Waals surface area contributed by atoms with Gasteiger partial charge in [0.2, 0.25) is 0 Å². The Balaban J connectivity index is 1.64. The first-order valence-electron chi connectivity index (χ1n) is 7.49. The molecular weight excluding hydrogens is 380 g/mol. The summed E-state index contributed by atoms with van der Waals surface area (Å²) in [5, 5.41) is 11.6. The van der Waals surface area contributed by atoms with Crippen LogP contribution >= 0.6 is 15.9 Å². The van der Waals surface area contributed by atoms with Crippen molar-refractivity contribution in [2.45, 2.75) is 0 Å². The zero-order valence-electron chi connectivity index (χ0n) is 13.1. The van der Waals surface area contributed by atoms with E-state index in [1.54, 1.807) is 48.5 Å². The number of nitrogens with one attached hydrogen (secondary N) is 1. The number of halogens is 1. The van der Waals surface area contributed by atoms with Crippen LogP contribution in [0.2, 0.25) is 0 Å². The second-order valence-electron chi connectivity index (χ2n) is 5.22. The van der Waals surface area contributed by atoms with Crippen molar-refractivity contribution in [1.82, 2.24) is 0 Å². The molecule has 0 spiro atoms. The maximum atomic E-state index is 12.2. The van der Waals surface area contributed by atoms with Crippen LogP contribution < -0.4 is 10.1 Å². The monoisotopic (exact) mass is 392 g/mol. The molecule has 3 rings (SSSR count). The first-order chi connectivity index (χ1) is 12.1. The second kappa shape index (κ2) is 7.65. The highest BCUT2D eigenvalue weighted by molar-refractivity contribution is 9.10. The quantitative estimate of drug-likeness (QED) is 0.649. The van der Waals surface area contributed by atoms with E-state index in [-0.39, 0.29) is 5.91 Å². The van der Waals surface area contributed by atoms with Crippen molar-refractivity contribution in [2.75, 3.05) is 5.32 Å². The Morgan fingerprint density at radius 2 is 1.44 bits per heavy atom. The van der Waals surface area contributed by atoms with Crippen molar-refractivity contribution < 1.29 is 9.53 Å². The fraction of sp³-hybridized carbons (Fsp3) is 0. The number of anilines is 1. The number of carbonyl (C=O) groups excluding carboxylic acids is 1. The predicted octanol–water partition coefficient (Wildman–Crippen LogP) is 5.37. The number of carbonyl (C=O) groups is 1. The maximum Gasteiger partial charge on any atom is 0.255 e. The molecule has 0 heterocycles. The fourth-order valence-electron chi connectivity index (χ4n) is 2.14. The minimum Gasteiger partial charge on any atom is -0.457 e. The standard InChI is InChI=1S/C20H13BrN2O2/c21-16-5-9-18(10-6-16)25-19-11-7-17(8-12-19)23-20(24)15-3-1-14(13-22)2-4-15/h1-12H,(H,23,24). The van der Waals surface area contributed by atoms with Gasteiger partial charge in [-0.25, -0.2) is 0 Å². The van der Waals surface area contributed by atoms with Gasteiger partial charge in [0.25, 0.3) is 5.91 Å². The molecule has 0 atom stereocenters. The molecule has 3 aromatic carbocycles. The highest BCUT2D eigenvalue weighted by atomic mass is 79.9. The zero-order valence-corrected chi connectivity index (χ0v) is 14.7. The number of hydrogen-bond donors (Lipinski definition) is 1. The smallest absolute Gasteiger partial charge is 0.255 e. The third kappa shape index (κ3) is 4.46. The van der Waals surface area contributed by atoms with Gasteiger partial charge in [-0.15, -0.1) is 0 Å². The molecule has 0 saturated heterocycles. The first kappa shape index (κ1) is 16.7. The molecule has 1 amide bonds. The van der Waals surface area contributed by atoms with Gasteiger partial charge >= 0.3 is 0 Å². The van der Waals surface area contributed by atoms with Gasteiger partial charge in [-0.05, 0) is 72.8 Å². The number of nitrogens with zero attached hydrogens (tertiary/aromatic N) is 1. The van der Waals surface area contributed by atoms with Crippen molar-refractivity contribution in [1.29, 1.82) is 5.26 Å². The zero-order chi connectivity index (χ0) is 17.6. The first-order valence-corrected chi connectivity index (χ1v) is 8.28. The van der Waals surface area contributed by atoms with Crippen LogP contribution in [0.1, 0.15) is 15.9 Å². The summed E-state index contributed by atoms with van der Waals surface area (Å²) in [6.45, 7) is 0. The summed E-state index contributed by atoms with van der Waals surface area (Å²) in [5.74, 6) is 1.18. The van der Waals surface area contributed by atoms with E-state index in [0.29, 0.717) is 22.6 Å². The van der Waals surface area contributed by atoms with Crippen molar-refractivity contribution in [3.05, 3.63) is 88.4 Å². The molecule has 25 heavy (non-hydrogen) atoms. The van der Waals surface area contributed by atoms with Gasteiger partial charge < -0.3 is 10.1 Å². The van der Waals surface area contributed by atoms with E-state index >= 15 is 0 Å². The minimum absolute atomic E-state index is 0.230. The fourth-order valence-corrected chi connectivity index (χ4v) is 2.41. The summed E-state index contributed by atoms with van der Waals surface area (Å²) in [5.41, 5.74) is 1.68. The van der Waals surface area contributed by atoms with E-state index in [2.05, 4.69) is 21.2 Å². The van der Waals surface area contributed by atoms with Gasteiger partial charge in [0.1, 0.15) is 11.5 Å². The molecule has 0 bridgehead atoms. The number of benzene rings is 3. The van der Waals surface area contributed by atoms with E-state index in [9.17, 15) is 4.79 Å². The SMILES string of the molecule is N#Cc1ccc(C(=O)Nc2ccc(Oc3ccc(Br)cc3)cc2)cc1. The van der Waals surface area contributed by atoms with E-state index in [4.69, 9.17) is 10.00 Å². The van der Waals surface area contributed by atoms with Crippen LogP contribution in [0.25, 0.3) is 0 Å². The summed E-state index contributed by atoms with van der Waals surface area (Å²) >= 11 is 3.38. The van der Waals surface area contributed by atoms with Crippen LogP contribution in [-0.4, -0.2) is 5.91 Å². The van der Waals surface area contributed by atoms with Gasteiger partial charge in [0, 0.05) is 15.7 Å². The third-order valence-corrected chi connectivity index (χ3v) is 3.97. The molecule has 0 radical (unpaired) electrons. The number of nitriles is 1. The van der Waals surface area contributed by atoms with Gasteiger partial charge in [-0.2, -0.15) is 5.26 Å². The summed E-state index contributed by atoms with van der Waals surface area (Å²) in [6, 6.07) is 23.2. The summed E-state index contributed by atoms with van der Waals surface area (Å²) in [6.07, 6.45) is 0. The largest absolute Gasteiger partial charge is 0.457 e.